The maximum absolute atomic E-state index is 5.58. The first-order chi connectivity index (χ1) is 9.41. The third-order valence-electron chi connectivity index (χ3n) is 2.94. The van der Waals surface area contributed by atoms with E-state index in [0.29, 0.717) is 0 Å². The fraction of sp³-hybridized carbons (Fsp3) is 1.00. The summed E-state index contributed by atoms with van der Waals surface area (Å²) < 4.78 is 16.6. The molecule has 3 nitrogen and oxygen atoms in total. The van der Waals surface area contributed by atoms with Crippen LogP contribution in [0.5, 0.6) is 0 Å². The van der Waals surface area contributed by atoms with Crippen molar-refractivity contribution in [1.29, 1.82) is 0 Å². The van der Waals surface area contributed by atoms with E-state index in [2.05, 4.69) is 14.8 Å². The van der Waals surface area contributed by atoms with Crippen molar-refractivity contribution in [3.05, 3.63) is 0 Å². The monoisotopic (exact) mass is 272 g/mol. The fourth-order valence-electron chi connectivity index (χ4n) is 1.62. The van der Waals surface area contributed by atoms with E-state index in [1.807, 2.05) is 0 Å². The Morgan fingerprint density at radius 1 is 0.579 bits per heavy atom. The van der Waals surface area contributed by atoms with Gasteiger partial charge in [0.15, 0.2) is 0 Å². The smallest absolute Gasteiger partial charge is 0.101 e. The van der Waals surface area contributed by atoms with Crippen LogP contribution in [0.1, 0.15) is 51.9 Å². The van der Waals surface area contributed by atoms with E-state index in [4.69, 9.17) is 14.2 Å². The molecule has 0 aromatic carbocycles. The lowest BCUT2D eigenvalue weighted by molar-refractivity contribution is 0.0902. The van der Waals surface area contributed by atoms with Crippen LogP contribution in [0.4, 0.5) is 0 Å². The second kappa shape index (κ2) is 17.9. The van der Waals surface area contributed by atoms with Crippen molar-refractivity contribution in [2.75, 3.05) is 39.6 Å². The molecule has 0 atom stereocenters. The summed E-state index contributed by atoms with van der Waals surface area (Å²) >= 11 is 0. The minimum Gasteiger partial charge on any atom is -0.381 e. The normalized spacial score (nSPS) is 11.0. The largest absolute Gasteiger partial charge is 0.381 e. The van der Waals surface area contributed by atoms with E-state index in [0.717, 1.165) is 65.3 Å². The van der Waals surface area contributed by atoms with Gasteiger partial charge in [0.25, 0.3) is 0 Å². The summed E-state index contributed by atoms with van der Waals surface area (Å²) in [6.07, 6.45) is 9.23. The number of hydrogen-bond acceptors (Lipinski definition) is 3. The molecule has 0 spiro atoms. The molecule has 0 amide bonds. The van der Waals surface area contributed by atoms with Gasteiger partial charge < -0.3 is 14.2 Å². The molecule has 0 saturated heterocycles. The Morgan fingerprint density at radius 2 is 0.947 bits per heavy atom. The van der Waals surface area contributed by atoms with Crippen LogP contribution < -0.4 is 0 Å². The third-order valence-corrected chi connectivity index (χ3v) is 2.94. The topological polar surface area (TPSA) is 27.7 Å². The molecule has 19 heavy (non-hydrogen) atoms. The van der Waals surface area contributed by atoms with Crippen molar-refractivity contribution >= 4 is 7.85 Å². The van der Waals surface area contributed by atoms with E-state index in [-0.39, 0.29) is 0 Å². The van der Waals surface area contributed by atoms with Gasteiger partial charge in [0.05, 0.1) is 0 Å². The highest BCUT2D eigenvalue weighted by Crippen LogP contribution is 1.97. The molecule has 0 saturated carbocycles. The van der Waals surface area contributed by atoms with Crippen molar-refractivity contribution < 1.29 is 14.2 Å². The molecule has 4 heteroatoms. The molecule has 0 unspecified atom stereocenters. The second-order valence-electron chi connectivity index (χ2n) is 4.96. The van der Waals surface area contributed by atoms with Crippen LogP contribution in [-0.4, -0.2) is 47.5 Å². The molecule has 0 aliphatic heterocycles. The zero-order valence-electron chi connectivity index (χ0n) is 13.1. The number of hydrogen-bond donors (Lipinski definition) is 0. The molecule has 0 bridgehead atoms. The van der Waals surface area contributed by atoms with Crippen LogP contribution in [0, 0.1) is 0 Å². The molecule has 0 aromatic heterocycles. The summed E-state index contributed by atoms with van der Waals surface area (Å²) in [5.74, 6) is 0. The van der Waals surface area contributed by atoms with E-state index in [9.17, 15) is 0 Å². The van der Waals surface area contributed by atoms with Gasteiger partial charge in [-0.05, 0) is 38.5 Å². The maximum atomic E-state index is 5.58. The van der Waals surface area contributed by atoms with Gasteiger partial charge in [0.2, 0.25) is 0 Å². The molecular formula is C15H33BO3. The molecule has 0 aliphatic carbocycles. The molecule has 0 N–H and O–H groups in total. The highest BCUT2D eigenvalue weighted by molar-refractivity contribution is 6.08. The first-order valence-corrected chi connectivity index (χ1v) is 8.15. The lowest BCUT2D eigenvalue weighted by atomic mass is 10.0. The van der Waals surface area contributed by atoms with Crippen molar-refractivity contribution in [2.45, 2.75) is 58.2 Å². The summed E-state index contributed by atoms with van der Waals surface area (Å²) in [6, 6.07) is 0. The number of ether oxygens (including phenoxy) is 3. The van der Waals surface area contributed by atoms with Crippen molar-refractivity contribution in [2.24, 2.45) is 0 Å². The van der Waals surface area contributed by atoms with Gasteiger partial charge in [-0.15, -0.1) is 0 Å². The lowest BCUT2D eigenvalue weighted by Crippen LogP contribution is -2.02. The second-order valence-corrected chi connectivity index (χ2v) is 4.96. The van der Waals surface area contributed by atoms with Crippen LogP contribution >= 0.6 is 0 Å². The van der Waals surface area contributed by atoms with Gasteiger partial charge in [0, 0.05) is 39.6 Å². The van der Waals surface area contributed by atoms with E-state index in [1.54, 1.807) is 0 Å². The molecule has 0 aromatic rings. The van der Waals surface area contributed by atoms with Gasteiger partial charge >= 0.3 is 0 Å². The molecule has 114 valence electrons. The SMILES string of the molecule is BCCCOCCCCOCCCCOCCCC. The van der Waals surface area contributed by atoms with Crippen LogP contribution in [0.2, 0.25) is 6.32 Å². The summed E-state index contributed by atoms with van der Waals surface area (Å²) in [4.78, 5) is 0. The zero-order chi connectivity index (χ0) is 14.0. The maximum Gasteiger partial charge on any atom is 0.101 e. The first kappa shape index (κ1) is 18.9. The summed E-state index contributed by atoms with van der Waals surface area (Å²) in [5.41, 5.74) is 0. The highest BCUT2D eigenvalue weighted by atomic mass is 16.5. The highest BCUT2D eigenvalue weighted by Gasteiger charge is 1.93. The molecule has 0 fully saturated rings. The standard InChI is InChI=1S/C15H33BO3/c1-2-3-10-17-11-4-5-12-18-13-6-7-14-19-15-8-9-16/h2-16H2,1H3. The van der Waals surface area contributed by atoms with E-state index >= 15 is 0 Å². The van der Waals surface area contributed by atoms with Crippen LogP contribution in [0.15, 0.2) is 0 Å². The zero-order valence-corrected chi connectivity index (χ0v) is 13.1. The van der Waals surface area contributed by atoms with Crippen molar-refractivity contribution in [1.82, 2.24) is 0 Å². The average Bonchev–Trinajstić information content (AvgIpc) is 2.43. The van der Waals surface area contributed by atoms with E-state index < -0.39 is 0 Å². The predicted octanol–water partition coefficient (Wildman–Crippen LogP) is 2.84. The summed E-state index contributed by atoms with van der Waals surface area (Å²) in [6.45, 7) is 7.52. The predicted molar refractivity (Wildman–Crippen MR) is 83.8 cm³/mol. The number of rotatable bonds is 16. The van der Waals surface area contributed by atoms with Gasteiger partial charge in [-0.1, -0.05) is 19.7 Å². The average molecular weight is 272 g/mol. The lowest BCUT2D eigenvalue weighted by Gasteiger charge is -2.06. The van der Waals surface area contributed by atoms with Gasteiger partial charge in [-0.2, -0.15) is 0 Å². The Kier molecular flexibility index (Phi) is 17.9. The Bertz CT molecular complexity index is 140. The fourth-order valence-corrected chi connectivity index (χ4v) is 1.62. The number of unbranched alkanes of at least 4 members (excludes halogenated alkanes) is 3. The Balaban J connectivity index is 2.88. The van der Waals surface area contributed by atoms with Crippen LogP contribution in [0.25, 0.3) is 0 Å². The van der Waals surface area contributed by atoms with E-state index in [1.165, 1.54) is 25.6 Å². The molecular weight excluding hydrogens is 239 g/mol. The minimum atomic E-state index is 0.869. The molecule has 0 rings (SSSR count). The van der Waals surface area contributed by atoms with Crippen molar-refractivity contribution in [3.63, 3.8) is 0 Å². The molecule has 0 radical (unpaired) electrons. The van der Waals surface area contributed by atoms with Crippen LogP contribution in [-0.2, 0) is 14.2 Å². The molecule has 0 heterocycles. The van der Waals surface area contributed by atoms with Gasteiger partial charge in [-0.25, -0.2) is 0 Å². The quantitative estimate of drug-likeness (QED) is 0.319. The van der Waals surface area contributed by atoms with Gasteiger partial charge in [0.1, 0.15) is 7.85 Å². The summed E-state index contributed by atoms with van der Waals surface area (Å²) in [5, 5.41) is 0. The minimum absolute atomic E-state index is 0.869. The molecule has 0 aliphatic rings. The Labute approximate surface area is 120 Å². The van der Waals surface area contributed by atoms with Crippen LogP contribution in [0.3, 0.4) is 0 Å². The Hall–Kier alpha value is -0.0551. The first-order valence-electron chi connectivity index (χ1n) is 8.15. The summed E-state index contributed by atoms with van der Waals surface area (Å²) in [7, 11) is 2.19. The Morgan fingerprint density at radius 3 is 1.32 bits per heavy atom. The third kappa shape index (κ3) is 17.9. The van der Waals surface area contributed by atoms with Crippen molar-refractivity contribution in [3.8, 4) is 0 Å². The van der Waals surface area contributed by atoms with Gasteiger partial charge in [-0.3, -0.25) is 0 Å².